The summed E-state index contributed by atoms with van der Waals surface area (Å²) in [5.41, 5.74) is 0. The van der Waals surface area contributed by atoms with Gasteiger partial charge in [0.25, 0.3) is 0 Å². The van der Waals surface area contributed by atoms with Crippen molar-refractivity contribution in [3.8, 4) is 0 Å². The molecule has 2 fully saturated rings. The van der Waals surface area contributed by atoms with Crippen LogP contribution in [0.5, 0.6) is 0 Å². The second kappa shape index (κ2) is 4.20. The quantitative estimate of drug-likeness (QED) is 0.738. The summed E-state index contributed by atoms with van der Waals surface area (Å²) in [6.45, 7) is 4.61. The standard InChI is InChI=1S/C10H17NO5/c1-10(2)15-7-5-14-6(8(7)16-10)4-11-9(12)13-3/h6-8H,4-5H2,1-3H3,(H,11,12). The third-order valence-corrected chi connectivity index (χ3v) is 2.70. The molecule has 92 valence electrons. The van der Waals surface area contributed by atoms with Crippen molar-refractivity contribution < 1.29 is 23.7 Å². The van der Waals surface area contributed by atoms with Gasteiger partial charge < -0.3 is 24.3 Å². The fourth-order valence-electron chi connectivity index (χ4n) is 2.05. The Bertz CT molecular complexity index is 280. The van der Waals surface area contributed by atoms with Gasteiger partial charge in [-0.05, 0) is 13.8 Å². The average molecular weight is 231 g/mol. The minimum atomic E-state index is -0.567. The van der Waals surface area contributed by atoms with E-state index in [0.29, 0.717) is 13.2 Å². The van der Waals surface area contributed by atoms with E-state index in [-0.39, 0.29) is 18.3 Å². The summed E-state index contributed by atoms with van der Waals surface area (Å²) >= 11 is 0. The Kier molecular flexibility index (Phi) is 3.05. The van der Waals surface area contributed by atoms with Crippen molar-refractivity contribution in [1.82, 2.24) is 5.32 Å². The topological polar surface area (TPSA) is 66.0 Å². The van der Waals surface area contributed by atoms with Crippen LogP contribution in [0.4, 0.5) is 4.79 Å². The Morgan fingerprint density at radius 1 is 1.50 bits per heavy atom. The first-order valence-corrected chi connectivity index (χ1v) is 5.31. The number of nitrogens with one attached hydrogen (secondary N) is 1. The smallest absolute Gasteiger partial charge is 0.406 e. The molecule has 0 spiro atoms. The fraction of sp³-hybridized carbons (Fsp3) is 0.900. The Morgan fingerprint density at radius 2 is 2.25 bits per heavy atom. The predicted octanol–water partition coefficient (Wildman–Crippen LogP) is 0.261. The van der Waals surface area contributed by atoms with Crippen LogP contribution in [0.3, 0.4) is 0 Å². The molecular formula is C10H17NO5. The third-order valence-electron chi connectivity index (χ3n) is 2.70. The highest BCUT2D eigenvalue weighted by molar-refractivity contribution is 5.66. The van der Waals surface area contributed by atoms with Crippen LogP contribution in [0, 0.1) is 0 Å². The van der Waals surface area contributed by atoms with Crippen molar-refractivity contribution in [3.05, 3.63) is 0 Å². The normalized spacial score (nSPS) is 35.8. The van der Waals surface area contributed by atoms with Gasteiger partial charge in [0.2, 0.25) is 0 Å². The molecule has 2 aliphatic heterocycles. The summed E-state index contributed by atoms with van der Waals surface area (Å²) in [6, 6.07) is 0. The molecule has 6 heteroatoms. The summed E-state index contributed by atoms with van der Waals surface area (Å²) in [7, 11) is 1.33. The molecule has 3 unspecified atom stereocenters. The second-order valence-electron chi connectivity index (χ2n) is 4.38. The molecule has 0 aromatic rings. The number of hydrogen-bond donors (Lipinski definition) is 1. The van der Waals surface area contributed by atoms with Gasteiger partial charge in [-0.15, -0.1) is 0 Å². The van der Waals surface area contributed by atoms with E-state index in [9.17, 15) is 4.79 Å². The van der Waals surface area contributed by atoms with Crippen LogP contribution in [0.1, 0.15) is 13.8 Å². The number of alkyl carbamates (subject to hydrolysis) is 1. The Morgan fingerprint density at radius 3 is 2.94 bits per heavy atom. The van der Waals surface area contributed by atoms with E-state index in [0.717, 1.165) is 0 Å². The highest BCUT2D eigenvalue weighted by Crippen LogP contribution is 2.34. The minimum Gasteiger partial charge on any atom is -0.453 e. The first kappa shape index (κ1) is 11.6. The van der Waals surface area contributed by atoms with Crippen LogP contribution in [0.15, 0.2) is 0 Å². The van der Waals surface area contributed by atoms with E-state index >= 15 is 0 Å². The molecule has 6 nitrogen and oxygen atoms in total. The molecule has 0 radical (unpaired) electrons. The monoisotopic (exact) mass is 231 g/mol. The molecule has 3 atom stereocenters. The molecule has 16 heavy (non-hydrogen) atoms. The second-order valence-corrected chi connectivity index (χ2v) is 4.38. The van der Waals surface area contributed by atoms with Crippen molar-refractivity contribution >= 4 is 6.09 Å². The van der Waals surface area contributed by atoms with Gasteiger partial charge >= 0.3 is 6.09 Å². The minimum absolute atomic E-state index is 0.0422. The van der Waals surface area contributed by atoms with Crippen LogP contribution in [0.25, 0.3) is 0 Å². The highest BCUT2D eigenvalue weighted by atomic mass is 16.8. The van der Waals surface area contributed by atoms with E-state index in [1.165, 1.54) is 7.11 Å². The largest absolute Gasteiger partial charge is 0.453 e. The van der Waals surface area contributed by atoms with Gasteiger partial charge in [0.1, 0.15) is 18.3 Å². The van der Waals surface area contributed by atoms with Crippen LogP contribution < -0.4 is 5.32 Å². The lowest BCUT2D eigenvalue weighted by molar-refractivity contribution is -0.174. The zero-order valence-electron chi connectivity index (χ0n) is 9.69. The number of rotatable bonds is 2. The van der Waals surface area contributed by atoms with E-state index in [1.807, 2.05) is 13.8 Å². The average Bonchev–Trinajstić information content (AvgIpc) is 2.70. The number of carbonyl (C=O) groups excluding carboxylic acids is 1. The molecule has 2 saturated heterocycles. The van der Waals surface area contributed by atoms with Crippen molar-refractivity contribution in [2.45, 2.75) is 37.9 Å². The lowest BCUT2D eigenvalue weighted by Gasteiger charge is -2.21. The van der Waals surface area contributed by atoms with E-state index in [2.05, 4.69) is 10.1 Å². The maximum absolute atomic E-state index is 10.9. The summed E-state index contributed by atoms with van der Waals surface area (Å²) in [5.74, 6) is -0.567. The lowest BCUT2D eigenvalue weighted by atomic mass is 10.1. The summed E-state index contributed by atoms with van der Waals surface area (Å²) in [6.07, 6.45) is -0.803. The van der Waals surface area contributed by atoms with Crippen LogP contribution >= 0.6 is 0 Å². The van der Waals surface area contributed by atoms with Crippen LogP contribution in [0.2, 0.25) is 0 Å². The molecule has 2 aliphatic rings. The molecule has 2 rings (SSSR count). The number of amides is 1. The van der Waals surface area contributed by atoms with Gasteiger partial charge in [-0.25, -0.2) is 4.79 Å². The van der Waals surface area contributed by atoms with Gasteiger partial charge in [-0.3, -0.25) is 0 Å². The first-order chi connectivity index (χ1) is 7.52. The van der Waals surface area contributed by atoms with Crippen molar-refractivity contribution in [2.24, 2.45) is 0 Å². The number of fused-ring (bicyclic) bond motifs is 1. The van der Waals surface area contributed by atoms with Crippen LogP contribution in [-0.4, -0.2) is 50.5 Å². The SMILES string of the molecule is COC(=O)NCC1OCC2OC(C)(C)OC12. The van der Waals surface area contributed by atoms with Crippen LogP contribution in [-0.2, 0) is 18.9 Å². The molecular weight excluding hydrogens is 214 g/mol. The van der Waals surface area contributed by atoms with Gasteiger partial charge in [0.05, 0.1) is 13.7 Å². The zero-order valence-corrected chi connectivity index (χ0v) is 9.69. The molecule has 0 bridgehead atoms. The number of carbonyl (C=O) groups is 1. The van der Waals surface area contributed by atoms with E-state index in [1.54, 1.807) is 0 Å². The fourth-order valence-corrected chi connectivity index (χ4v) is 2.05. The Hall–Kier alpha value is -0.850. The van der Waals surface area contributed by atoms with Crippen molar-refractivity contribution in [1.29, 1.82) is 0 Å². The van der Waals surface area contributed by atoms with Gasteiger partial charge in [-0.2, -0.15) is 0 Å². The molecule has 0 aromatic carbocycles. The zero-order chi connectivity index (χ0) is 11.8. The molecule has 1 amide bonds. The molecule has 0 aromatic heterocycles. The molecule has 0 saturated carbocycles. The predicted molar refractivity (Wildman–Crippen MR) is 54.0 cm³/mol. The highest BCUT2D eigenvalue weighted by Gasteiger charge is 2.49. The van der Waals surface area contributed by atoms with Crippen molar-refractivity contribution in [3.63, 3.8) is 0 Å². The maximum atomic E-state index is 10.9. The number of methoxy groups -OCH3 is 1. The summed E-state index contributed by atoms with van der Waals surface area (Å²) in [4.78, 5) is 10.9. The van der Waals surface area contributed by atoms with Crippen molar-refractivity contribution in [2.75, 3.05) is 20.3 Å². The van der Waals surface area contributed by atoms with E-state index in [4.69, 9.17) is 14.2 Å². The van der Waals surface area contributed by atoms with Gasteiger partial charge in [0.15, 0.2) is 5.79 Å². The number of hydrogen-bond acceptors (Lipinski definition) is 5. The molecule has 1 N–H and O–H groups in total. The van der Waals surface area contributed by atoms with Gasteiger partial charge in [-0.1, -0.05) is 0 Å². The lowest BCUT2D eigenvalue weighted by Crippen LogP contribution is -2.39. The number of ether oxygens (including phenoxy) is 4. The third kappa shape index (κ3) is 2.28. The Labute approximate surface area is 94.2 Å². The maximum Gasteiger partial charge on any atom is 0.406 e. The summed E-state index contributed by atoms with van der Waals surface area (Å²) in [5, 5.41) is 2.59. The molecule has 0 aliphatic carbocycles. The molecule has 2 heterocycles. The van der Waals surface area contributed by atoms with E-state index < -0.39 is 11.9 Å². The summed E-state index contributed by atoms with van der Waals surface area (Å²) < 4.78 is 21.3. The first-order valence-electron chi connectivity index (χ1n) is 5.31. The van der Waals surface area contributed by atoms with Gasteiger partial charge in [0, 0.05) is 6.54 Å². The Balaban J connectivity index is 1.86.